The molecule has 0 radical (unpaired) electrons. The summed E-state index contributed by atoms with van der Waals surface area (Å²) >= 11 is 1.31. The molecule has 0 fully saturated rings. The molecule has 0 aliphatic carbocycles. The summed E-state index contributed by atoms with van der Waals surface area (Å²) in [6.45, 7) is 1.24. The molecule has 150 valence electrons. The number of thiazole rings is 1. The maximum Gasteiger partial charge on any atom is 0.266 e. The summed E-state index contributed by atoms with van der Waals surface area (Å²) in [5.41, 5.74) is 0.298. The Morgan fingerprint density at radius 1 is 1.11 bits per heavy atom. The molecular weight excluding hydrogens is 401 g/mol. The first-order valence-electron chi connectivity index (χ1n) is 8.72. The Labute approximate surface area is 174 Å². The number of fused-ring (bicyclic) bond motifs is 1. The molecule has 0 spiro atoms. The number of nitrogens with zero attached hydrogens (tertiary/aromatic N) is 3. The highest BCUT2D eigenvalue weighted by molar-refractivity contribution is 7.22. The Hall–Kier alpha value is -2.22. The molecule has 2 aromatic carbocycles. The molecule has 0 saturated heterocycles. The molecule has 1 aromatic heterocycles. The quantitative estimate of drug-likeness (QED) is 0.544. The molecule has 1 heterocycles. The molecule has 0 saturated carbocycles. The summed E-state index contributed by atoms with van der Waals surface area (Å²) in [6, 6.07) is 14.0. The Kier molecular flexibility index (Phi) is 8.17. The lowest BCUT2D eigenvalue weighted by molar-refractivity contribution is -0.120. The van der Waals surface area contributed by atoms with E-state index >= 15 is 0 Å². The zero-order valence-corrected chi connectivity index (χ0v) is 17.4. The van der Waals surface area contributed by atoms with Gasteiger partial charge in [0.05, 0.1) is 4.70 Å². The molecule has 28 heavy (non-hydrogen) atoms. The van der Waals surface area contributed by atoms with Crippen LogP contribution in [0.25, 0.3) is 10.2 Å². The van der Waals surface area contributed by atoms with Crippen molar-refractivity contribution in [3.63, 3.8) is 0 Å². The lowest BCUT2D eigenvalue weighted by Crippen LogP contribution is -2.36. The van der Waals surface area contributed by atoms with Crippen LogP contribution in [-0.4, -0.2) is 49.6 Å². The summed E-state index contributed by atoms with van der Waals surface area (Å²) in [4.78, 5) is 20.8. The maximum atomic E-state index is 14.0. The molecule has 8 heteroatoms. The largest absolute Gasteiger partial charge is 0.484 e. The predicted molar refractivity (Wildman–Crippen MR) is 114 cm³/mol. The molecule has 0 aliphatic heterocycles. The van der Waals surface area contributed by atoms with Gasteiger partial charge in [-0.1, -0.05) is 35.6 Å². The van der Waals surface area contributed by atoms with Crippen LogP contribution in [0.3, 0.4) is 0 Å². The number of para-hydroxylation sites is 2. The van der Waals surface area contributed by atoms with Gasteiger partial charge in [-0.2, -0.15) is 0 Å². The molecular formula is C20H23ClFN3O2S. The Bertz CT molecular complexity index is 905. The number of benzene rings is 2. The first-order chi connectivity index (χ1) is 13.0. The van der Waals surface area contributed by atoms with E-state index < -0.39 is 0 Å². The van der Waals surface area contributed by atoms with Crippen LogP contribution in [0, 0.1) is 5.82 Å². The average Bonchev–Trinajstić information content (AvgIpc) is 3.09. The molecule has 0 aliphatic rings. The first kappa shape index (κ1) is 22.1. The third kappa shape index (κ3) is 5.64. The molecule has 1 amide bonds. The Morgan fingerprint density at radius 3 is 2.54 bits per heavy atom. The second-order valence-corrected chi connectivity index (χ2v) is 7.40. The number of carbonyl (C=O) groups excluding carboxylic acids is 1. The summed E-state index contributed by atoms with van der Waals surface area (Å²) in [7, 11) is 3.97. The minimum atomic E-state index is -0.378. The molecule has 3 aromatic rings. The van der Waals surface area contributed by atoms with Crippen molar-refractivity contribution < 1.29 is 13.9 Å². The topological polar surface area (TPSA) is 45.7 Å². The molecule has 3 rings (SSSR count). The Morgan fingerprint density at radius 2 is 1.86 bits per heavy atom. The van der Waals surface area contributed by atoms with E-state index in [9.17, 15) is 9.18 Å². The smallest absolute Gasteiger partial charge is 0.266 e. The summed E-state index contributed by atoms with van der Waals surface area (Å²) < 4.78 is 20.3. The van der Waals surface area contributed by atoms with E-state index in [2.05, 4.69) is 9.88 Å². The fourth-order valence-electron chi connectivity index (χ4n) is 2.63. The van der Waals surface area contributed by atoms with Crippen LogP contribution >= 0.6 is 23.7 Å². The van der Waals surface area contributed by atoms with E-state index in [0.29, 0.717) is 22.9 Å². The number of amides is 1. The average molecular weight is 424 g/mol. The van der Waals surface area contributed by atoms with Gasteiger partial charge in [0.15, 0.2) is 11.7 Å². The number of ether oxygens (including phenoxy) is 1. The van der Waals surface area contributed by atoms with Crippen LogP contribution in [0.2, 0.25) is 0 Å². The number of halogens is 2. The van der Waals surface area contributed by atoms with Crippen molar-refractivity contribution in [3.05, 3.63) is 54.3 Å². The minimum absolute atomic E-state index is 0. The molecule has 0 unspecified atom stereocenters. The maximum absolute atomic E-state index is 14.0. The van der Waals surface area contributed by atoms with E-state index in [4.69, 9.17) is 4.74 Å². The van der Waals surface area contributed by atoms with Crippen molar-refractivity contribution in [2.45, 2.75) is 6.42 Å². The highest BCUT2D eigenvalue weighted by atomic mass is 35.5. The SMILES string of the molecule is CN(C)CCCN(C(=O)COc1ccccc1)c1nc2c(F)cccc2s1.Cl. The first-order valence-corrected chi connectivity index (χ1v) is 9.54. The van der Waals surface area contributed by atoms with Crippen molar-refractivity contribution >= 4 is 45.0 Å². The van der Waals surface area contributed by atoms with Crippen molar-refractivity contribution in [2.75, 3.05) is 38.7 Å². The lowest BCUT2D eigenvalue weighted by Gasteiger charge is -2.21. The fraction of sp³-hybridized carbons (Fsp3) is 0.300. The summed E-state index contributed by atoms with van der Waals surface area (Å²) in [5, 5.41) is 0.496. The van der Waals surface area contributed by atoms with Gasteiger partial charge in [0, 0.05) is 6.54 Å². The molecule has 0 N–H and O–H groups in total. The number of hydrogen-bond acceptors (Lipinski definition) is 5. The van der Waals surface area contributed by atoms with E-state index in [1.165, 1.54) is 17.4 Å². The zero-order valence-electron chi connectivity index (χ0n) is 15.8. The highest BCUT2D eigenvalue weighted by Crippen LogP contribution is 2.30. The van der Waals surface area contributed by atoms with Crippen LogP contribution in [0.15, 0.2) is 48.5 Å². The van der Waals surface area contributed by atoms with Crippen molar-refractivity contribution in [2.24, 2.45) is 0 Å². The van der Waals surface area contributed by atoms with Gasteiger partial charge in [0.25, 0.3) is 5.91 Å². The molecule has 0 atom stereocenters. The Balaban J connectivity index is 0.00000280. The van der Waals surface area contributed by atoms with Gasteiger partial charge in [-0.05, 0) is 51.3 Å². The van der Waals surface area contributed by atoms with Crippen LogP contribution in [0.5, 0.6) is 5.75 Å². The summed E-state index contributed by atoms with van der Waals surface area (Å²) in [6.07, 6.45) is 0.780. The van der Waals surface area contributed by atoms with Crippen molar-refractivity contribution in [3.8, 4) is 5.75 Å². The highest BCUT2D eigenvalue weighted by Gasteiger charge is 2.21. The van der Waals surface area contributed by atoms with E-state index in [-0.39, 0.29) is 30.7 Å². The van der Waals surface area contributed by atoms with Crippen LogP contribution in [0.4, 0.5) is 9.52 Å². The normalized spacial score (nSPS) is 10.7. The van der Waals surface area contributed by atoms with Gasteiger partial charge in [-0.25, -0.2) is 9.37 Å². The minimum Gasteiger partial charge on any atom is -0.484 e. The zero-order chi connectivity index (χ0) is 19.2. The van der Waals surface area contributed by atoms with Gasteiger partial charge in [-0.15, -0.1) is 12.4 Å². The second kappa shape index (κ2) is 10.4. The third-order valence-corrected chi connectivity index (χ3v) is 5.03. The number of aromatic nitrogens is 1. The van der Waals surface area contributed by atoms with Crippen LogP contribution in [0.1, 0.15) is 6.42 Å². The number of rotatable bonds is 8. The van der Waals surface area contributed by atoms with E-state index in [1.54, 1.807) is 23.1 Å². The van der Waals surface area contributed by atoms with Gasteiger partial charge in [-0.3, -0.25) is 9.69 Å². The molecule has 0 bridgehead atoms. The lowest BCUT2D eigenvalue weighted by atomic mass is 10.3. The number of anilines is 1. The number of carbonyl (C=O) groups is 1. The monoisotopic (exact) mass is 423 g/mol. The standard InChI is InChI=1S/C20H22FN3O2S.ClH/c1-23(2)12-7-13-24(18(25)14-26-15-8-4-3-5-9-15)20-22-19-16(21)10-6-11-17(19)27-20;/h3-6,8-11H,7,12-14H2,1-2H3;1H. The van der Waals surface area contributed by atoms with Crippen molar-refractivity contribution in [1.82, 2.24) is 9.88 Å². The van der Waals surface area contributed by atoms with Crippen LogP contribution in [-0.2, 0) is 4.79 Å². The van der Waals surface area contributed by atoms with Crippen LogP contribution < -0.4 is 9.64 Å². The van der Waals surface area contributed by atoms with Crippen molar-refractivity contribution in [1.29, 1.82) is 0 Å². The molecule has 5 nitrogen and oxygen atoms in total. The van der Waals surface area contributed by atoms with Gasteiger partial charge in [0.2, 0.25) is 0 Å². The van der Waals surface area contributed by atoms with E-state index in [0.717, 1.165) is 17.7 Å². The fourth-order valence-corrected chi connectivity index (χ4v) is 3.65. The second-order valence-electron chi connectivity index (χ2n) is 6.39. The third-order valence-electron chi connectivity index (χ3n) is 3.98. The summed E-state index contributed by atoms with van der Waals surface area (Å²) in [5.74, 6) is 0.0581. The van der Waals surface area contributed by atoms with Gasteiger partial charge < -0.3 is 9.64 Å². The number of hydrogen-bond donors (Lipinski definition) is 0. The predicted octanol–water partition coefficient (Wildman–Crippen LogP) is 4.22. The van der Waals surface area contributed by atoms with Gasteiger partial charge >= 0.3 is 0 Å². The van der Waals surface area contributed by atoms with E-state index in [1.807, 2.05) is 38.4 Å². The van der Waals surface area contributed by atoms with Gasteiger partial charge in [0.1, 0.15) is 17.1 Å².